The molecule has 84 valence electrons. The van der Waals surface area contributed by atoms with Gasteiger partial charge in [0.25, 0.3) is 0 Å². The molecule has 0 saturated heterocycles. The summed E-state index contributed by atoms with van der Waals surface area (Å²) >= 11 is 3.02. The number of aliphatic hydroxyl groups excluding tert-OH is 1. The van der Waals surface area contributed by atoms with Crippen molar-refractivity contribution in [3.63, 3.8) is 0 Å². The van der Waals surface area contributed by atoms with Crippen LogP contribution in [-0.2, 0) is 6.61 Å². The van der Waals surface area contributed by atoms with E-state index in [-0.39, 0.29) is 12.4 Å². The summed E-state index contributed by atoms with van der Waals surface area (Å²) < 4.78 is 12.8. The van der Waals surface area contributed by atoms with E-state index in [1.54, 1.807) is 18.2 Å². The second-order valence-electron chi connectivity index (χ2n) is 3.06. The van der Waals surface area contributed by atoms with Gasteiger partial charge in [0.2, 0.25) is 0 Å². The van der Waals surface area contributed by atoms with E-state index in [1.165, 1.54) is 6.07 Å². The van der Waals surface area contributed by atoms with Gasteiger partial charge in [-0.15, -0.1) is 0 Å². The lowest BCUT2D eigenvalue weighted by molar-refractivity contribution is 0.282. The average Bonchev–Trinajstić information content (AvgIpc) is 2.35. The molecule has 3 heteroatoms. The van der Waals surface area contributed by atoms with Crippen LogP contribution in [-0.4, -0.2) is 5.11 Å². The van der Waals surface area contributed by atoms with Crippen LogP contribution in [0.15, 0.2) is 59.1 Å². The summed E-state index contributed by atoms with van der Waals surface area (Å²) in [5, 5.41) is 8.54. The summed E-state index contributed by atoms with van der Waals surface area (Å²) in [6, 6.07) is 16.0. The Balaban J connectivity index is 0.000000160. The van der Waals surface area contributed by atoms with E-state index in [4.69, 9.17) is 5.11 Å². The van der Waals surface area contributed by atoms with Crippen LogP contribution in [0.4, 0.5) is 4.39 Å². The zero-order chi connectivity index (χ0) is 11.8. The van der Waals surface area contributed by atoms with E-state index in [2.05, 4.69) is 15.9 Å². The molecule has 1 nitrogen and oxygen atoms in total. The van der Waals surface area contributed by atoms with E-state index in [0.717, 1.165) is 5.56 Å². The van der Waals surface area contributed by atoms with Crippen LogP contribution in [0.5, 0.6) is 0 Å². The minimum absolute atomic E-state index is 0.140. The van der Waals surface area contributed by atoms with E-state index in [0.29, 0.717) is 4.47 Å². The first-order chi connectivity index (χ1) is 7.74. The van der Waals surface area contributed by atoms with Crippen LogP contribution in [0.25, 0.3) is 0 Å². The van der Waals surface area contributed by atoms with Crippen molar-refractivity contribution in [1.82, 2.24) is 0 Å². The van der Waals surface area contributed by atoms with Crippen LogP contribution >= 0.6 is 15.9 Å². The fourth-order valence-electron chi connectivity index (χ4n) is 1.02. The van der Waals surface area contributed by atoms with Crippen molar-refractivity contribution in [2.75, 3.05) is 0 Å². The fourth-order valence-corrected chi connectivity index (χ4v) is 1.31. The molecule has 1 N–H and O–H groups in total. The normalized spacial score (nSPS) is 9.19. The summed E-state index contributed by atoms with van der Waals surface area (Å²) in [5.41, 5.74) is 0.965. The molecule has 0 amide bonds. The monoisotopic (exact) mass is 282 g/mol. The predicted octanol–water partition coefficient (Wildman–Crippen LogP) is 3.77. The van der Waals surface area contributed by atoms with E-state index in [9.17, 15) is 4.39 Å². The first kappa shape index (κ1) is 12.9. The minimum atomic E-state index is -0.215. The van der Waals surface area contributed by atoms with Crippen LogP contribution in [0.2, 0.25) is 0 Å². The van der Waals surface area contributed by atoms with Gasteiger partial charge < -0.3 is 5.11 Å². The third-order valence-corrected chi connectivity index (χ3v) is 2.49. The van der Waals surface area contributed by atoms with Gasteiger partial charge in [0.05, 0.1) is 11.1 Å². The highest BCUT2D eigenvalue weighted by atomic mass is 79.9. The van der Waals surface area contributed by atoms with Crippen molar-refractivity contribution < 1.29 is 9.50 Å². The fraction of sp³-hybridized carbons (Fsp3) is 0.0769. The first-order valence-corrected chi connectivity index (χ1v) is 5.58. The molecular weight excluding hydrogens is 271 g/mol. The molecule has 0 saturated carbocycles. The molecule has 0 spiro atoms. The molecule has 0 heterocycles. The summed E-state index contributed by atoms with van der Waals surface area (Å²) in [5.74, 6) is -0.215. The lowest BCUT2D eigenvalue weighted by atomic mass is 10.2. The van der Waals surface area contributed by atoms with Gasteiger partial charge in [-0.3, -0.25) is 0 Å². The Hall–Kier alpha value is -1.19. The van der Waals surface area contributed by atoms with Crippen LogP contribution in [0.3, 0.4) is 0 Å². The van der Waals surface area contributed by atoms with Crippen molar-refractivity contribution in [3.05, 3.63) is 70.5 Å². The molecule has 0 radical (unpaired) electrons. The van der Waals surface area contributed by atoms with E-state index in [1.807, 2.05) is 30.3 Å². The number of hydrogen-bond acceptors (Lipinski definition) is 1. The molecule has 0 atom stereocenters. The maximum Gasteiger partial charge on any atom is 0.137 e. The average molecular weight is 283 g/mol. The first-order valence-electron chi connectivity index (χ1n) is 4.79. The lowest BCUT2D eigenvalue weighted by Crippen LogP contribution is -1.77. The van der Waals surface area contributed by atoms with Gasteiger partial charge in [0, 0.05) is 0 Å². The van der Waals surface area contributed by atoms with Crippen molar-refractivity contribution >= 4 is 15.9 Å². The van der Waals surface area contributed by atoms with Crippen molar-refractivity contribution in [1.29, 1.82) is 0 Å². The molecule has 2 aromatic carbocycles. The Morgan fingerprint density at radius 1 is 0.938 bits per heavy atom. The summed E-state index contributed by atoms with van der Waals surface area (Å²) in [4.78, 5) is 0. The number of aliphatic hydroxyl groups is 1. The van der Waals surface area contributed by atoms with Crippen molar-refractivity contribution in [2.24, 2.45) is 0 Å². The maximum absolute atomic E-state index is 12.3. The van der Waals surface area contributed by atoms with E-state index < -0.39 is 0 Å². The Morgan fingerprint density at radius 2 is 1.50 bits per heavy atom. The zero-order valence-corrected chi connectivity index (χ0v) is 10.2. The molecule has 2 rings (SSSR count). The maximum atomic E-state index is 12.3. The Labute approximate surface area is 103 Å². The Morgan fingerprint density at radius 3 is 1.88 bits per heavy atom. The number of benzene rings is 2. The highest BCUT2D eigenvalue weighted by Crippen LogP contribution is 2.12. The number of rotatable bonds is 1. The quantitative estimate of drug-likeness (QED) is 0.844. The second-order valence-corrected chi connectivity index (χ2v) is 3.91. The molecule has 0 aliphatic heterocycles. The van der Waals surface area contributed by atoms with E-state index >= 15 is 0 Å². The Bertz CT molecular complexity index is 396. The van der Waals surface area contributed by atoms with Gasteiger partial charge in [-0.05, 0) is 33.6 Å². The van der Waals surface area contributed by atoms with Gasteiger partial charge in [-0.2, -0.15) is 0 Å². The van der Waals surface area contributed by atoms with Gasteiger partial charge in [0.15, 0.2) is 0 Å². The number of hydrogen-bond donors (Lipinski definition) is 1. The zero-order valence-electron chi connectivity index (χ0n) is 8.61. The molecular formula is C13H12BrFO. The highest BCUT2D eigenvalue weighted by Gasteiger charge is 1.90. The summed E-state index contributed by atoms with van der Waals surface area (Å²) in [6.45, 7) is 0.140. The highest BCUT2D eigenvalue weighted by molar-refractivity contribution is 9.10. The van der Waals surface area contributed by atoms with Crippen LogP contribution in [0, 0.1) is 5.82 Å². The third-order valence-electron chi connectivity index (χ3n) is 1.85. The molecule has 2 aromatic rings. The van der Waals surface area contributed by atoms with Gasteiger partial charge in [0.1, 0.15) is 5.82 Å². The summed E-state index contributed by atoms with van der Waals surface area (Å²) in [6.07, 6.45) is 0. The lowest BCUT2D eigenvalue weighted by Gasteiger charge is -1.89. The molecule has 0 aliphatic carbocycles. The molecule has 0 aliphatic rings. The largest absolute Gasteiger partial charge is 0.392 e. The minimum Gasteiger partial charge on any atom is -0.392 e. The molecule has 0 unspecified atom stereocenters. The number of halogens is 2. The topological polar surface area (TPSA) is 20.2 Å². The van der Waals surface area contributed by atoms with Gasteiger partial charge >= 0.3 is 0 Å². The van der Waals surface area contributed by atoms with Gasteiger partial charge in [-0.25, -0.2) is 4.39 Å². The molecule has 16 heavy (non-hydrogen) atoms. The van der Waals surface area contributed by atoms with Crippen LogP contribution in [0.1, 0.15) is 5.56 Å². The summed E-state index contributed by atoms with van der Waals surface area (Å²) in [7, 11) is 0. The standard InChI is InChI=1S/C7H8O.C6H4BrF/c8-6-7-4-2-1-3-5-7;7-5-3-1-2-4-6(5)8/h1-5,8H,6H2;1-4H. The second kappa shape index (κ2) is 7.14. The molecule has 0 bridgehead atoms. The van der Waals surface area contributed by atoms with Gasteiger partial charge in [-0.1, -0.05) is 42.5 Å². The molecule has 0 fully saturated rings. The van der Waals surface area contributed by atoms with Crippen LogP contribution < -0.4 is 0 Å². The molecule has 0 aromatic heterocycles. The third kappa shape index (κ3) is 4.55. The van der Waals surface area contributed by atoms with Crippen molar-refractivity contribution in [3.8, 4) is 0 Å². The smallest absolute Gasteiger partial charge is 0.137 e. The Kier molecular flexibility index (Phi) is 5.75. The predicted molar refractivity (Wildman–Crippen MR) is 66.5 cm³/mol. The van der Waals surface area contributed by atoms with Crippen molar-refractivity contribution in [2.45, 2.75) is 6.61 Å². The SMILES string of the molecule is Fc1ccccc1Br.OCc1ccccc1.